The van der Waals surface area contributed by atoms with Crippen LogP contribution in [0.1, 0.15) is 18.2 Å². The molecule has 2 unspecified atom stereocenters. The first-order valence-corrected chi connectivity index (χ1v) is 8.57. The summed E-state index contributed by atoms with van der Waals surface area (Å²) in [5.74, 6) is 0.560. The quantitative estimate of drug-likeness (QED) is 0.650. The Hall–Kier alpha value is -2.60. The zero-order valence-corrected chi connectivity index (χ0v) is 14.8. The summed E-state index contributed by atoms with van der Waals surface area (Å²) in [6.45, 7) is 1.08. The molecule has 0 aliphatic rings. The summed E-state index contributed by atoms with van der Waals surface area (Å²) in [6.07, 6.45) is -5.51. The van der Waals surface area contributed by atoms with E-state index in [2.05, 4.69) is 4.98 Å². The number of alkyl halides is 3. The molecule has 0 saturated carbocycles. The number of para-hydroxylation sites is 1. The SMILES string of the molecule is CC(O)(C(F)F)C(F)Cc1ccc(OCc2ccc3ccccc3n2)cc1. The minimum Gasteiger partial charge on any atom is -0.487 e. The first-order chi connectivity index (χ1) is 12.9. The number of pyridine rings is 1. The van der Waals surface area contributed by atoms with Crippen LogP contribution in [0, 0.1) is 0 Å². The number of hydrogen-bond acceptors (Lipinski definition) is 3. The molecule has 1 N–H and O–H groups in total. The van der Waals surface area contributed by atoms with Crippen LogP contribution in [0.5, 0.6) is 5.75 Å². The van der Waals surface area contributed by atoms with E-state index >= 15 is 0 Å². The van der Waals surface area contributed by atoms with Crippen molar-refractivity contribution in [3.63, 3.8) is 0 Å². The fourth-order valence-electron chi connectivity index (χ4n) is 2.62. The second-order valence-electron chi connectivity index (χ2n) is 6.63. The van der Waals surface area contributed by atoms with Crippen molar-refractivity contribution in [2.75, 3.05) is 0 Å². The van der Waals surface area contributed by atoms with Crippen LogP contribution in [0.15, 0.2) is 60.7 Å². The minimum absolute atomic E-state index is 0.274. The third kappa shape index (κ3) is 4.57. The molecule has 2 atom stereocenters. The number of nitrogens with zero attached hydrogens (tertiary/aromatic N) is 1. The molecule has 3 rings (SSSR count). The van der Waals surface area contributed by atoms with Gasteiger partial charge in [-0.25, -0.2) is 18.2 Å². The number of hydrogen-bond donors (Lipinski definition) is 1. The highest BCUT2D eigenvalue weighted by Gasteiger charge is 2.41. The van der Waals surface area contributed by atoms with Gasteiger partial charge in [0.05, 0.1) is 11.2 Å². The summed E-state index contributed by atoms with van der Waals surface area (Å²) >= 11 is 0. The van der Waals surface area contributed by atoms with Gasteiger partial charge in [0.1, 0.15) is 18.5 Å². The molecular formula is C21H20F3NO2. The third-order valence-corrected chi connectivity index (χ3v) is 4.46. The van der Waals surface area contributed by atoms with E-state index in [-0.39, 0.29) is 13.0 Å². The van der Waals surface area contributed by atoms with E-state index in [1.54, 1.807) is 24.3 Å². The molecule has 0 spiro atoms. The van der Waals surface area contributed by atoms with Crippen LogP contribution in [0.3, 0.4) is 0 Å². The fourth-order valence-corrected chi connectivity index (χ4v) is 2.62. The molecule has 0 fully saturated rings. The van der Waals surface area contributed by atoms with E-state index in [1.165, 1.54) is 0 Å². The van der Waals surface area contributed by atoms with Crippen molar-refractivity contribution in [3.8, 4) is 5.75 Å². The second-order valence-corrected chi connectivity index (χ2v) is 6.63. The van der Waals surface area contributed by atoms with Gasteiger partial charge in [-0.3, -0.25) is 0 Å². The van der Waals surface area contributed by atoms with Crippen LogP contribution in [0.25, 0.3) is 10.9 Å². The van der Waals surface area contributed by atoms with Gasteiger partial charge in [0.2, 0.25) is 0 Å². The molecular weight excluding hydrogens is 355 g/mol. The summed E-state index contributed by atoms with van der Waals surface area (Å²) in [7, 11) is 0. The fraction of sp³-hybridized carbons (Fsp3) is 0.286. The lowest BCUT2D eigenvalue weighted by Crippen LogP contribution is -2.44. The smallest absolute Gasteiger partial charge is 0.269 e. The molecule has 0 amide bonds. The number of rotatable bonds is 7. The molecule has 6 heteroatoms. The van der Waals surface area contributed by atoms with Gasteiger partial charge in [-0.1, -0.05) is 36.4 Å². The largest absolute Gasteiger partial charge is 0.487 e. The Kier molecular flexibility index (Phi) is 5.65. The number of aromatic nitrogens is 1. The predicted octanol–water partition coefficient (Wildman–Crippen LogP) is 4.71. The lowest BCUT2D eigenvalue weighted by molar-refractivity contribution is -0.126. The van der Waals surface area contributed by atoms with E-state index in [0.29, 0.717) is 11.3 Å². The second kappa shape index (κ2) is 7.96. The molecule has 27 heavy (non-hydrogen) atoms. The Morgan fingerprint density at radius 1 is 1.00 bits per heavy atom. The number of ether oxygens (including phenoxy) is 1. The van der Waals surface area contributed by atoms with Crippen molar-refractivity contribution < 1.29 is 23.0 Å². The highest BCUT2D eigenvalue weighted by atomic mass is 19.3. The average Bonchev–Trinajstić information content (AvgIpc) is 2.67. The van der Waals surface area contributed by atoms with Gasteiger partial charge in [-0.2, -0.15) is 0 Å². The highest BCUT2D eigenvalue weighted by Crippen LogP contribution is 2.26. The Bertz CT molecular complexity index is 897. The summed E-state index contributed by atoms with van der Waals surface area (Å²) in [4.78, 5) is 4.52. The number of fused-ring (bicyclic) bond motifs is 1. The molecule has 1 aromatic heterocycles. The van der Waals surface area contributed by atoms with Gasteiger partial charge >= 0.3 is 0 Å². The van der Waals surface area contributed by atoms with Crippen molar-refractivity contribution in [1.29, 1.82) is 0 Å². The predicted molar refractivity (Wildman–Crippen MR) is 97.7 cm³/mol. The van der Waals surface area contributed by atoms with Crippen molar-refractivity contribution in [2.45, 2.75) is 38.1 Å². The van der Waals surface area contributed by atoms with Gasteiger partial charge in [0.25, 0.3) is 6.43 Å². The lowest BCUT2D eigenvalue weighted by atomic mass is 9.95. The maximum Gasteiger partial charge on any atom is 0.269 e. The normalized spacial score (nSPS) is 14.9. The van der Waals surface area contributed by atoms with Crippen LogP contribution < -0.4 is 4.74 Å². The minimum atomic E-state index is -3.15. The number of halogens is 3. The van der Waals surface area contributed by atoms with Gasteiger partial charge in [0, 0.05) is 11.8 Å². The van der Waals surface area contributed by atoms with Crippen molar-refractivity contribution in [3.05, 3.63) is 71.9 Å². The zero-order valence-electron chi connectivity index (χ0n) is 14.8. The van der Waals surface area contributed by atoms with Crippen LogP contribution in [-0.4, -0.2) is 28.3 Å². The zero-order chi connectivity index (χ0) is 19.4. The highest BCUT2D eigenvalue weighted by molar-refractivity contribution is 5.78. The van der Waals surface area contributed by atoms with E-state index < -0.39 is 18.2 Å². The first kappa shape index (κ1) is 19.2. The summed E-state index contributed by atoms with van der Waals surface area (Å²) in [5.41, 5.74) is -0.514. The summed E-state index contributed by atoms with van der Waals surface area (Å²) in [6, 6.07) is 18.1. The van der Waals surface area contributed by atoms with Crippen molar-refractivity contribution in [1.82, 2.24) is 4.98 Å². The number of aliphatic hydroxyl groups is 1. The molecule has 0 bridgehead atoms. The third-order valence-electron chi connectivity index (χ3n) is 4.46. The molecule has 0 aliphatic carbocycles. The Labute approximate surface area is 155 Å². The summed E-state index contributed by atoms with van der Waals surface area (Å²) in [5, 5.41) is 10.6. The van der Waals surface area contributed by atoms with Gasteiger partial charge in [0.15, 0.2) is 5.60 Å². The molecule has 142 valence electrons. The first-order valence-electron chi connectivity index (χ1n) is 8.57. The van der Waals surface area contributed by atoms with Crippen LogP contribution in [0.2, 0.25) is 0 Å². The van der Waals surface area contributed by atoms with Crippen molar-refractivity contribution in [2.24, 2.45) is 0 Å². The topological polar surface area (TPSA) is 42.4 Å². The van der Waals surface area contributed by atoms with Gasteiger partial charge in [-0.15, -0.1) is 0 Å². The molecule has 1 heterocycles. The average molecular weight is 375 g/mol. The Morgan fingerprint density at radius 2 is 1.70 bits per heavy atom. The molecule has 3 nitrogen and oxygen atoms in total. The maximum atomic E-state index is 13.9. The Morgan fingerprint density at radius 3 is 2.41 bits per heavy atom. The molecule has 3 aromatic rings. The molecule has 0 aliphatic heterocycles. The summed E-state index contributed by atoms with van der Waals surface area (Å²) < 4.78 is 45.0. The van der Waals surface area contributed by atoms with Gasteiger partial charge < -0.3 is 9.84 Å². The van der Waals surface area contributed by atoms with Crippen LogP contribution in [0.4, 0.5) is 13.2 Å². The maximum absolute atomic E-state index is 13.9. The molecule has 0 radical (unpaired) electrons. The van der Waals surface area contributed by atoms with Crippen LogP contribution in [-0.2, 0) is 13.0 Å². The Balaban J connectivity index is 1.60. The van der Waals surface area contributed by atoms with E-state index in [0.717, 1.165) is 23.5 Å². The van der Waals surface area contributed by atoms with Gasteiger partial charge in [-0.05, 0) is 36.8 Å². The monoisotopic (exact) mass is 375 g/mol. The van der Waals surface area contributed by atoms with E-state index in [9.17, 15) is 18.3 Å². The van der Waals surface area contributed by atoms with E-state index in [4.69, 9.17) is 4.74 Å². The van der Waals surface area contributed by atoms with Crippen LogP contribution >= 0.6 is 0 Å². The standard InChI is InChI=1S/C21H20F3NO2/c1-21(26,20(23)24)19(22)12-14-6-10-17(11-7-14)27-13-16-9-8-15-4-2-3-5-18(15)25-16/h2-11,19-20,26H,12-13H2,1H3. The lowest BCUT2D eigenvalue weighted by Gasteiger charge is -2.26. The van der Waals surface area contributed by atoms with Crippen molar-refractivity contribution >= 4 is 10.9 Å². The molecule has 2 aromatic carbocycles. The number of benzene rings is 2. The molecule has 0 saturated heterocycles. The van der Waals surface area contributed by atoms with E-state index in [1.807, 2.05) is 36.4 Å².